The number of epoxide rings is 1. The van der Waals surface area contributed by atoms with Crippen LogP contribution in [0.25, 0.3) is 0 Å². The van der Waals surface area contributed by atoms with Crippen LogP contribution in [0.1, 0.15) is 105 Å². The van der Waals surface area contributed by atoms with Crippen molar-refractivity contribution in [1.29, 1.82) is 0 Å². The van der Waals surface area contributed by atoms with Crippen LogP contribution in [0.5, 0.6) is 0 Å². The van der Waals surface area contributed by atoms with Gasteiger partial charge in [-0.05, 0) is 104 Å². The van der Waals surface area contributed by atoms with Crippen LogP contribution in [0.2, 0.25) is 0 Å². The molecule has 1 heterocycles. The van der Waals surface area contributed by atoms with Gasteiger partial charge < -0.3 is 4.74 Å². The Labute approximate surface area is 174 Å². The largest absolute Gasteiger partial charge is 0.369 e. The third-order valence-corrected chi connectivity index (χ3v) is 11.1. The highest BCUT2D eigenvalue weighted by atomic mass is 16.6. The maximum Gasteiger partial charge on any atom is 0.0875 e. The Morgan fingerprint density at radius 3 is 2.29 bits per heavy atom. The third-order valence-electron chi connectivity index (χ3n) is 11.1. The molecule has 0 aromatic heterocycles. The zero-order valence-corrected chi connectivity index (χ0v) is 19.4. The summed E-state index contributed by atoms with van der Waals surface area (Å²) < 4.78 is 6.10. The molecule has 1 heteroatoms. The molecule has 160 valence electrons. The van der Waals surface area contributed by atoms with E-state index in [1.54, 1.807) is 6.42 Å². The van der Waals surface area contributed by atoms with Crippen LogP contribution in [0.15, 0.2) is 0 Å². The molecule has 1 saturated heterocycles. The van der Waals surface area contributed by atoms with Crippen molar-refractivity contribution in [2.75, 3.05) is 0 Å². The van der Waals surface area contributed by atoms with Gasteiger partial charge in [-0.2, -0.15) is 0 Å². The Bertz CT molecular complexity index is 583. The van der Waals surface area contributed by atoms with Crippen LogP contribution < -0.4 is 0 Å². The molecule has 0 aromatic carbocycles. The van der Waals surface area contributed by atoms with Gasteiger partial charge in [0.05, 0.1) is 12.2 Å². The quantitative estimate of drug-likeness (QED) is 0.446. The second-order valence-electron chi connectivity index (χ2n) is 12.8. The average Bonchev–Trinajstić information content (AvgIpc) is 3.34. The van der Waals surface area contributed by atoms with Gasteiger partial charge in [-0.3, -0.25) is 0 Å². The van der Waals surface area contributed by atoms with Gasteiger partial charge in [-0.25, -0.2) is 0 Å². The van der Waals surface area contributed by atoms with E-state index in [-0.39, 0.29) is 0 Å². The molecule has 4 saturated carbocycles. The smallest absolute Gasteiger partial charge is 0.0875 e. The van der Waals surface area contributed by atoms with E-state index in [0.717, 1.165) is 41.4 Å². The lowest BCUT2D eigenvalue weighted by Crippen LogP contribution is -2.54. The zero-order valence-electron chi connectivity index (χ0n) is 19.4. The van der Waals surface area contributed by atoms with E-state index in [2.05, 4.69) is 34.6 Å². The first kappa shape index (κ1) is 19.9. The van der Waals surface area contributed by atoms with Gasteiger partial charge in [-0.15, -0.1) is 0 Å². The molecule has 4 aliphatic carbocycles. The first-order valence-electron chi connectivity index (χ1n) is 13.0. The average molecular weight is 387 g/mol. The van der Waals surface area contributed by atoms with E-state index in [1.807, 2.05) is 0 Å². The van der Waals surface area contributed by atoms with Crippen LogP contribution in [0, 0.1) is 52.3 Å². The maximum absolute atomic E-state index is 6.10. The van der Waals surface area contributed by atoms with Crippen LogP contribution in [-0.4, -0.2) is 12.2 Å². The summed E-state index contributed by atoms with van der Waals surface area (Å²) in [6.45, 7) is 12.8. The molecule has 0 N–H and O–H groups in total. The molecule has 5 fully saturated rings. The zero-order chi connectivity index (χ0) is 19.7. The van der Waals surface area contributed by atoms with E-state index < -0.39 is 0 Å². The Morgan fingerprint density at radius 2 is 1.50 bits per heavy atom. The lowest BCUT2D eigenvalue weighted by Gasteiger charge is -2.60. The predicted octanol–water partition coefficient (Wildman–Crippen LogP) is 7.49. The first-order chi connectivity index (χ1) is 13.3. The van der Waals surface area contributed by atoms with Crippen molar-refractivity contribution in [2.45, 2.75) is 117 Å². The number of fused-ring (bicyclic) bond motifs is 7. The summed E-state index contributed by atoms with van der Waals surface area (Å²) in [5, 5.41) is 0. The molecule has 0 bridgehead atoms. The highest BCUT2D eigenvalue weighted by molar-refractivity contribution is 5.13. The minimum absolute atomic E-state index is 0.600. The predicted molar refractivity (Wildman–Crippen MR) is 117 cm³/mol. The molecule has 0 amide bonds. The molecular weight excluding hydrogens is 340 g/mol. The van der Waals surface area contributed by atoms with Crippen molar-refractivity contribution in [3.8, 4) is 0 Å². The van der Waals surface area contributed by atoms with E-state index in [9.17, 15) is 0 Å². The molecule has 28 heavy (non-hydrogen) atoms. The van der Waals surface area contributed by atoms with Crippen molar-refractivity contribution in [3.05, 3.63) is 0 Å². The van der Waals surface area contributed by atoms with Crippen molar-refractivity contribution >= 4 is 0 Å². The number of rotatable bonds is 5. The Morgan fingerprint density at radius 1 is 0.786 bits per heavy atom. The normalized spacial score (nSPS) is 53.1. The van der Waals surface area contributed by atoms with Gasteiger partial charge in [0.2, 0.25) is 0 Å². The molecular formula is C27H46O. The minimum atomic E-state index is 0.600. The summed E-state index contributed by atoms with van der Waals surface area (Å²) in [6, 6.07) is 0. The highest BCUT2D eigenvalue weighted by Crippen LogP contribution is 2.69. The standard InChI is InChI=1S/C27H46O/c1-17(2)7-6-8-18(3)20-11-12-21-19-9-10-23-25-24(28-25)14-16-27(23,5)22(19)13-15-26(20,21)4/h17-25H,6-16H2,1-5H3/t18-,19-,20+,21-,22-,23+,24+,25+,26+,27+/m0/s1. The number of ether oxygens (including phenoxy) is 1. The molecule has 10 atom stereocenters. The van der Waals surface area contributed by atoms with Gasteiger partial charge in [0.15, 0.2) is 0 Å². The van der Waals surface area contributed by atoms with Gasteiger partial charge in [0, 0.05) is 0 Å². The van der Waals surface area contributed by atoms with Gasteiger partial charge in [0.25, 0.3) is 0 Å². The van der Waals surface area contributed by atoms with Gasteiger partial charge in [-0.1, -0.05) is 53.9 Å². The Kier molecular flexibility index (Phi) is 4.97. The van der Waals surface area contributed by atoms with E-state index >= 15 is 0 Å². The molecule has 1 nitrogen and oxygen atoms in total. The topological polar surface area (TPSA) is 12.5 Å². The van der Waals surface area contributed by atoms with E-state index in [4.69, 9.17) is 4.74 Å². The number of hydrogen-bond acceptors (Lipinski definition) is 1. The van der Waals surface area contributed by atoms with Crippen LogP contribution in [0.4, 0.5) is 0 Å². The molecule has 5 rings (SSSR count). The Hall–Kier alpha value is -0.0400. The summed E-state index contributed by atoms with van der Waals surface area (Å²) in [4.78, 5) is 0. The highest BCUT2D eigenvalue weighted by Gasteiger charge is 2.65. The second kappa shape index (κ2) is 7.00. The van der Waals surface area contributed by atoms with E-state index in [0.29, 0.717) is 23.0 Å². The molecule has 0 radical (unpaired) electrons. The lowest BCUT2D eigenvalue weighted by atomic mass is 9.44. The van der Waals surface area contributed by atoms with Crippen molar-refractivity contribution < 1.29 is 4.74 Å². The number of hydrogen-bond donors (Lipinski definition) is 0. The van der Waals surface area contributed by atoms with Crippen molar-refractivity contribution in [3.63, 3.8) is 0 Å². The summed E-state index contributed by atoms with van der Waals surface area (Å²) in [6.07, 6.45) is 17.6. The monoisotopic (exact) mass is 386 g/mol. The Balaban J connectivity index is 1.30. The summed E-state index contributed by atoms with van der Waals surface area (Å²) in [7, 11) is 0. The van der Waals surface area contributed by atoms with Crippen LogP contribution in [-0.2, 0) is 4.74 Å². The SMILES string of the molecule is CC(C)CCC[C@H](C)[C@H]1CC[C@H]2[C@@H]3CC[C@@H]4[C@H]5O[C@@H]5CC[C@]4(C)[C@H]3CC[C@]12C. The molecule has 0 spiro atoms. The molecule has 5 aliphatic rings. The summed E-state index contributed by atoms with van der Waals surface area (Å²) in [5.74, 6) is 6.76. The third kappa shape index (κ3) is 2.96. The maximum atomic E-state index is 6.10. The van der Waals surface area contributed by atoms with Crippen molar-refractivity contribution in [1.82, 2.24) is 0 Å². The van der Waals surface area contributed by atoms with Crippen LogP contribution >= 0.6 is 0 Å². The first-order valence-corrected chi connectivity index (χ1v) is 13.0. The van der Waals surface area contributed by atoms with Crippen molar-refractivity contribution in [2.24, 2.45) is 52.3 Å². The molecule has 1 aliphatic heterocycles. The van der Waals surface area contributed by atoms with Gasteiger partial charge in [0.1, 0.15) is 0 Å². The fourth-order valence-corrected chi connectivity index (χ4v) is 9.62. The summed E-state index contributed by atoms with van der Waals surface area (Å²) in [5.41, 5.74) is 1.25. The van der Waals surface area contributed by atoms with Gasteiger partial charge >= 0.3 is 0 Å². The van der Waals surface area contributed by atoms with Crippen LogP contribution in [0.3, 0.4) is 0 Å². The minimum Gasteiger partial charge on any atom is -0.369 e. The second-order valence-corrected chi connectivity index (χ2v) is 12.8. The molecule has 0 unspecified atom stereocenters. The fourth-order valence-electron chi connectivity index (χ4n) is 9.62. The van der Waals surface area contributed by atoms with E-state index in [1.165, 1.54) is 64.2 Å². The fraction of sp³-hybridized carbons (Fsp3) is 1.00. The lowest BCUT2D eigenvalue weighted by molar-refractivity contribution is -0.111. The molecule has 0 aromatic rings. The summed E-state index contributed by atoms with van der Waals surface area (Å²) >= 11 is 0.